The first-order valence-electron chi connectivity index (χ1n) is 8.18. The second-order valence-corrected chi connectivity index (χ2v) is 6.06. The second kappa shape index (κ2) is 10.8. The van der Waals surface area contributed by atoms with Crippen molar-refractivity contribution in [3.05, 3.63) is 0 Å². The van der Waals surface area contributed by atoms with Crippen molar-refractivity contribution in [2.45, 2.75) is 78.1 Å². The molecule has 0 atom stereocenters. The van der Waals surface area contributed by atoms with Crippen LogP contribution >= 0.6 is 0 Å². The summed E-state index contributed by atoms with van der Waals surface area (Å²) in [4.78, 5) is 0. The van der Waals surface area contributed by atoms with Crippen LogP contribution in [-0.4, -0.2) is 30.7 Å². The van der Waals surface area contributed by atoms with E-state index in [0.717, 1.165) is 0 Å². The molecular weight excluding hydrogens is 225 g/mol. The molecule has 1 heterocycles. The lowest BCUT2D eigenvalue weighted by Crippen LogP contribution is -3.00. The van der Waals surface area contributed by atoms with Gasteiger partial charge in [-0.05, 0) is 38.5 Å². The molecule has 0 aromatic carbocycles. The highest BCUT2D eigenvalue weighted by Crippen LogP contribution is 2.21. The number of quaternary nitrogens is 1. The number of halogens is 1. The van der Waals surface area contributed by atoms with Gasteiger partial charge in [0.2, 0.25) is 0 Å². The number of unbranched alkanes of at least 4 members (excludes halogenated alkanes) is 5. The maximum Gasteiger partial charge on any atom is 0.0786 e. The van der Waals surface area contributed by atoms with Crippen molar-refractivity contribution in [3.63, 3.8) is 0 Å². The molecular formula is C16H34FN. The third-order valence-electron chi connectivity index (χ3n) is 4.45. The maximum atomic E-state index is 2.36. The fourth-order valence-electron chi connectivity index (χ4n) is 3.44. The lowest BCUT2D eigenvalue weighted by atomic mass is 10.0. The fourth-order valence-corrected chi connectivity index (χ4v) is 3.44. The molecule has 1 rings (SSSR count). The number of likely N-dealkylation sites (tertiary alicyclic amines) is 1. The second-order valence-electron chi connectivity index (χ2n) is 6.06. The molecule has 1 saturated heterocycles. The van der Waals surface area contributed by atoms with E-state index in [1.165, 1.54) is 94.9 Å². The van der Waals surface area contributed by atoms with Crippen LogP contribution in [0.5, 0.6) is 0 Å². The van der Waals surface area contributed by atoms with Crippen molar-refractivity contribution in [2.75, 3.05) is 26.2 Å². The van der Waals surface area contributed by atoms with Crippen LogP contribution < -0.4 is 4.70 Å². The molecule has 0 radical (unpaired) electrons. The van der Waals surface area contributed by atoms with Gasteiger partial charge in [-0.2, -0.15) is 0 Å². The zero-order valence-electron chi connectivity index (χ0n) is 12.7. The lowest BCUT2D eigenvalue weighted by molar-refractivity contribution is -0.932. The van der Waals surface area contributed by atoms with E-state index < -0.39 is 0 Å². The highest BCUT2D eigenvalue weighted by molar-refractivity contribution is 4.55. The van der Waals surface area contributed by atoms with Gasteiger partial charge >= 0.3 is 0 Å². The summed E-state index contributed by atoms with van der Waals surface area (Å²) < 4.78 is 1.46. The highest BCUT2D eigenvalue weighted by atomic mass is 19.0. The Hall–Kier alpha value is -0.110. The van der Waals surface area contributed by atoms with Crippen molar-refractivity contribution in [1.82, 2.24) is 0 Å². The van der Waals surface area contributed by atoms with Crippen LogP contribution in [0.1, 0.15) is 78.1 Å². The average molecular weight is 259 g/mol. The number of hydrogen-bond donors (Lipinski definition) is 0. The molecule has 0 amide bonds. The number of hydrogen-bond acceptors (Lipinski definition) is 0. The topological polar surface area (TPSA) is 0 Å². The van der Waals surface area contributed by atoms with E-state index >= 15 is 0 Å². The zero-order chi connectivity index (χ0) is 12.4. The van der Waals surface area contributed by atoms with Gasteiger partial charge in [0.25, 0.3) is 0 Å². The molecule has 2 heteroatoms. The Morgan fingerprint density at radius 2 is 1.28 bits per heavy atom. The largest absolute Gasteiger partial charge is 1.00 e. The summed E-state index contributed by atoms with van der Waals surface area (Å²) in [6, 6.07) is 0. The van der Waals surface area contributed by atoms with E-state index in [2.05, 4.69) is 13.8 Å². The standard InChI is InChI=1S/C16H34N.FH/c1-3-5-6-7-8-10-14-17(13-4-2)15-11-9-12-16-17;/h3-16H2,1-2H3;1H/q+1;/p-1. The zero-order valence-corrected chi connectivity index (χ0v) is 12.7. The molecule has 0 aromatic heterocycles. The molecule has 0 N–H and O–H groups in total. The molecule has 110 valence electrons. The quantitative estimate of drug-likeness (QED) is 0.437. The molecule has 18 heavy (non-hydrogen) atoms. The number of piperidine rings is 1. The average Bonchev–Trinajstić information content (AvgIpc) is 2.35. The van der Waals surface area contributed by atoms with Gasteiger partial charge in [0.1, 0.15) is 0 Å². The van der Waals surface area contributed by atoms with E-state index in [1.54, 1.807) is 0 Å². The third kappa shape index (κ3) is 6.72. The SMILES string of the molecule is CCCCCCCC[N+]1(CCC)CCCCC1.[F-]. The fraction of sp³-hybridized carbons (Fsp3) is 1.00. The van der Waals surface area contributed by atoms with Crippen molar-refractivity contribution in [2.24, 2.45) is 0 Å². The summed E-state index contributed by atoms with van der Waals surface area (Å²) in [6.45, 7) is 10.5. The van der Waals surface area contributed by atoms with Crippen LogP contribution in [0, 0.1) is 0 Å². The molecule has 1 nitrogen and oxygen atoms in total. The van der Waals surface area contributed by atoms with E-state index in [9.17, 15) is 0 Å². The summed E-state index contributed by atoms with van der Waals surface area (Å²) in [5, 5.41) is 0. The Morgan fingerprint density at radius 3 is 1.89 bits per heavy atom. The van der Waals surface area contributed by atoms with E-state index in [4.69, 9.17) is 0 Å². The molecule has 0 aliphatic carbocycles. The van der Waals surface area contributed by atoms with Crippen LogP contribution in [0.4, 0.5) is 0 Å². The van der Waals surface area contributed by atoms with Gasteiger partial charge in [0.05, 0.1) is 26.2 Å². The smallest absolute Gasteiger partial charge is 0.0786 e. The first-order chi connectivity index (χ1) is 8.33. The molecule has 1 aliphatic rings. The Bertz CT molecular complexity index is 170. The third-order valence-corrected chi connectivity index (χ3v) is 4.45. The summed E-state index contributed by atoms with van der Waals surface area (Å²) in [6.07, 6.45) is 14.5. The van der Waals surface area contributed by atoms with E-state index in [-0.39, 0.29) is 4.70 Å². The van der Waals surface area contributed by atoms with Crippen LogP contribution in [0.3, 0.4) is 0 Å². The van der Waals surface area contributed by atoms with Crippen LogP contribution in [0.15, 0.2) is 0 Å². The Labute approximate surface area is 114 Å². The van der Waals surface area contributed by atoms with Crippen molar-refractivity contribution >= 4 is 0 Å². The Kier molecular flexibility index (Phi) is 10.7. The lowest BCUT2D eigenvalue weighted by Gasteiger charge is -2.41. The van der Waals surface area contributed by atoms with E-state index in [1.807, 2.05) is 0 Å². The highest BCUT2D eigenvalue weighted by Gasteiger charge is 2.27. The molecule has 1 fully saturated rings. The monoisotopic (exact) mass is 259 g/mol. The van der Waals surface area contributed by atoms with Crippen LogP contribution in [0.2, 0.25) is 0 Å². The maximum absolute atomic E-state index is 2.36. The molecule has 0 unspecified atom stereocenters. The van der Waals surface area contributed by atoms with Gasteiger partial charge in [0, 0.05) is 0 Å². The molecule has 0 bridgehead atoms. The Morgan fingerprint density at radius 1 is 0.667 bits per heavy atom. The predicted octanol–water partition coefficient (Wildman–Crippen LogP) is 1.76. The minimum absolute atomic E-state index is 0. The van der Waals surface area contributed by atoms with Crippen molar-refractivity contribution in [1.29, 1.82) is 0 Å². The summed E-state index contributed by atoms with van der Waals surface area (Å²) in [5.41, 5.74) is 0. The van der Waals surface area contributed by atoms with Crippen molar-refractivity contribution in [3.8, 4) is 0 Å². The van der Waals surface area contributed by atoms with Crippen molar-refractivity contribution < 1.29 is 9.19 Å². The van der Waals surface area contributed by atoms with Gasteiger partial charge < -0.3 is 9.19 Å². The predicted molar refractivity (Wildman–Crippen MR) is 77.2 cm³/mol. The Balaban J connectivity index is 0.00000289. The van der Waals surface area contributed by atoms with Gasteiger partial charge in [0.15, 0.2) is 0 Å². The molecule has 0 saturated carbocycles. The summed E-state index contributed by atoms with van der Waals surface area (Å²) >= 11 is 0. The van der Waals surface area contributed by atoms with E-state index in [0.29, 0.717) is 0 Å². The normalized spacial score (nSPS) is 18.3. The van der Waals surface area contributed by atoms with Gasteiger partial charge in [-0.15, -0.1) is 0 Å². The first-order valence-corrected chi connectivity index (χ1v) is 8.18. The van der Waals surface area contributed by atoms with Gasteiger partial charge in [-0.3, -0.25) is 0 Å². The number of rotatable bonds is 9. The summed E-state index contributed by atoms with van der Waals surface area (Å²) in [7, 11) is 0. The van der Waals surface area contributed by atoms with Crippen LogP contribution in [-0.2, 0) is 0 Å². The van der Waals surface area contributed by atoms with Crippen LogP contribution in [0.25, 0.3) is 0 Å². The minimum atomic E-state index is 0. The molecule has 0 spiro atoms. The summed E-state index contributed by atoms with van der Waals surface area (Å²) in [5.74, 6) is 0. The molecule has 0 aromatic rings. The molecule has 1 aliphatic heterocycles. The van der Waals surface area contributed by atoms with Gasteiger partial charge in [-0.1, -0.05) is 39.5 Å². The van der Waals surface area contributed by atoms with Gasteiger partial charge in [-0.25, -0.2) is 0 Å². The first kappa shape index (κ1) is 17.9. The number of nitrogens with zero attached hydrogens (tertiary/aromatic N) is 1. The minimum Gasteiger partial charge on any atom is -1.00 e.